The van der Waals surface area contributed by atoms with Gasteiger partial charge in [0.25, 0.3) is 0 Å². The molecule has 0 amide bonds. The molecule has 3 rings (SSSR count). The molecule has 3 aromatic rings. The molecule has 0 unspecified atom stereocenters. The van der Waals surface area contributed by atoms with Crippen LogP contribution in [0.5, 0.6) is 5.75 Å². The van der Waals surface area contributed by atoms with Gasteiger partial charge in [0.1, 0.15) is 5.75 Å². The molecule has 0 aliphatic carbocycles. The predicted molar refractivity (Wildman–Crippen MR) is 110 cm³/mol. The van der Waals surface area contributed by atoms with Crippen LogP contribution in [0.25, 0.3) is 11.3 Å². The maximum absolute atomic E-state index is 5.39. The number of aromatic nitrogens is 1. The van der Waals surface area contributed by atoms with E-state index in [2.05, 4.69) is 38.8 Å². The summed E-state index contributed by atoms with van der Waals surface area (Å²) in [6.45, 7) is 1.31. The first-order valence-corrected chi connectivity index (χ1v) is 8.87. The molecule has 0 aliphatic rings. The number of guanidine groups is 1. The van der Waals surface area contributed by atoms with E-state index < -0.39 is 0 Å². The van der Waals surface area contributed by atoms with Gasteiger partial charge in [-0.1, -0.05) is 42.5 Å². The number of ether oxygens (including phenoxy) is 1. The van der Waals surface area contributed by atoms with E-state index in [1.807, 2.05) is 54.7 Å². The quantitative estimate of drug-likeness (QED) is 0.521. The fourth-order valence-corrected chi connectivity index (χ4v) is 2.81. The minimum atomic E-state index is 0.637. The lowest BCUT2D eigenvalue weighted by atomic mass is 10.1. The summed E-state index contributed by atoms with van der Waals surface area (Å²) in [4.78, 5) is 8.71. The summed E-state index contributed by atoms with van der Waals surface area (Å²) in [6, 6.07) is 22.2. The highest BCUT2D eigenvalue weighted by molar-refractivity contribution is 5.79. The largest absolute Gasteiger partial charge is 0.496 e. The highest BCUT2D eigenvalue weighted by Crippen LogP contribution is 2.18. The first-order valence-electron chi connectivity index (χ1n) is 8.87. The maximum Gasteiger partial charge on any atom is 0.191 e. The summed E-state index contributed by atoms with van der Waals surface area (Å²) in [7, 11) is 3.45. The van der Waals surface area contributed by atoms with Crippen LogP contribution in [0.2, 0.25) is 0 Å². The van der Waals surface area contributed by atoms with E-state index in [-0.39, 0.29) is 0 Å². The number of benzene rings is 2. The van der Waals surface area contributed by atoms with Crippen LogP contribution in [-0.4, -0.2) is 25.1 Å². The van der Waals surface area contributed by atoms with Crippen molar-refractivity contribution in [3.63, 3.8) is 0 Å². The second kappa shape index (κ2) is 9.38. The molecule has 2 N–H and O–H groups in total. The Balaban J connectivity index is 1.60. The molecule has 2 aromatic carbocycles. The van der Waals surface area contributed by atoms with Crippen molar-refractivity contribution in [1.29, 1.82) is 0 Å². The molecule has 0 saturated heterocycles. The lowest BCUT2D eigenvalue weighted by Crippen LogP contribution is -2.36. The minimum Gasteiger partial charge on any atom is -0.496 e. The van der Waals surface area contributed by atoms with Crippen molar-refractivity contribution in [1.82, 2.24) is 15.6 Å². The third kappa shape index (κ3) is 5.07. The number of para-hydroxylation sites is 1. The number of hydrogen-bond donors (Lipinski definition) is 2. The molecule has 5 nitrogen and oxygen atoms in total. The molecule has 0 fully saturated rings. The number of nitrogens with one attached hydrogen (secondary N) is 2. The zero-order chi connectivity index (χ0) is 18.9. The molecule has 0 aliphatic heterocycles. The van der Waals surface area contributed by atoms with Crippen molar-refractivity contribution in [2.75, 3.05) is 14.2 Å². The van der Waals surface area contributed by atoms with Crippen LogP contribution in [0.4, 0.5) is 0 Å². The van der Waals surface area contributed by atoms with Crippen LogP contribution in [0.15, 0.2) is 77.9 Å². The number of pyridine rings is 1. The third-order valence-electron chi connectivity index (χ3n) is 4.21. The summed E-state index contributed by atoms with van der Waals surface area (Å²) in [6.07, 6.45) is 1.81. The van der Waals surface area contributed by atoms with E-state index in [0.717, 1.165) is 28.5 Å². The van der Waals surface area contributed by atoms with Gasteiger partial charge in [-0.2, -0.15) is 0 Å². The van der Waals surface area contributed by atoms with E-state index in [1.54, 1.807) is 14.2 Å². The third-order valence-corrected chi connectivity index (χ3v) is 4.21. The summed E-state index contributed by atoms with van der Waals surface area (Å²) < 4.78 is 5.39. The standard InChI is InChI=1S/C22H24N4O/c1-23-22(26-16-19-9-3-4-12-21(19)27-2)25-15-17-8-7-10-18(14-17)20-11-5-6-13-24-20/h3-14H,15-16H2,1-2H3,(H2,23,25,26). The van der Waals surface area contributed by atoms with Gasteiger partial charge in [-0.05, 0) is 29.8 Å². The van der Waals surface area contributed by atoms with E-state index in [9.17, 15) is 0 Å². The first kappa shape index (κ1) is 18.5. The van der Waals surface area contributed by atoms with Crippen LogP contribution < -0.4 is 15.4 Å². The second-order valence-corrected chi connectivity index (χ2v) is 6.01. The second-order valence-electron chi connectivity index (χ2n) is 6.01. The van der Waals surface area contributed by atoms with Gasteiger partial charge in [-0.15, -0.1) is 0 Å². The van der Waals surface area contributed by atoms with E-state index in [1.165, 1.54) is 5.56 Å². The zero-order valence-electron chi connectivity index (χ0n) is 15.6. The molecule has 0 radical (unpaired) electrons. The maximum atomic E-state index is 5.39. The molecule has 0 atom stereocenters. The average molecular weight is 360 g/mol. The number of aliphatic imine (C=N–C) groups is 1. The monoisotopic (exact) mass is 360 g/mol. The van der Waals surface area contributed by atoms with Gasteiger partial charge in [0.2, 0.25) is 0 Å². The van der Waals surface area contributed by atoms with Crippen molar-refractivity contribution < 1.29 is 4.74 Å². The molecule has 0 saturated carbocycles. The molecular formula is C22H24N4O. The van der Waals surface area contributed by atoms with Crippen LogP contribution in [0.1, 0.15) is 11.1 Å². The van der Waals surface area contributed by atoms with Gasteiger partial charge in [-0.3, -0.25) is 9.98 Å². The van der Waals surface area contributed by atoms with Gasteiger partial charge in [0, 0.05) is 37.5 Å². The number of nitrogens with zero attached hydrogens (tertiary/aromatic N) is 2. The molecule has 1 aromatic heterocycles. The van der Waals surface area contributed by atoms with E-state index >= 15 is 0 Å². The summed E-state index contributed by atoms with van der Waals surface area (Å²) in [5.74, 6) is 1.60. The average Bonchev–Trinajstić information content (AvgIpc) is 2.75. The molecule has 5 heteroatoms. The van der Waals surface area contributed by atoms with Crippen molar-refractivity contribution >= 4 is 5.96 Å². The number of methoxy groups -OCH3 is 1. The van der Waals surface area contributed by atoms with Crippen molar-refractivity contribution in [3.8, 4) is 17.0 Å². The molecule has 0 spiro atoms. The Morgan fingerprint density at radius 3 is 2.56 bits per heavy atom. The van der Waals surface area contributed by atoms with E-state index in [4.69, 9.17) is 4.74 Å². The van der Waals surface area contributed by atoms with Gasteiger partial charge in [-0.25, -0.2) is 0 Å². The highest BCUT2D eigenvalue weighted by Gasteiger charge is 2.04. The van der Waals surface area contributed by atoms with Crippen LogP contribution >= 0.6 is 0 Å². The summed E-state index contributed by atoms with van der Waals surface area (Å²) in [5.41, 5.74) is 4.32. The Labute approximate surface area is 160 Å². The molecule has 138 valence electrons. The Morgan fingerprint density at radius 2 is 1.78 bits per heavy atom. The van der Waals surface area contributed by atoms with Gasteiger partial charge in [0.15, 0.2) is 5.96 Å². The fraction of sp³-hybridized carbons (Fsp3) is 0.182. The van der Waals surface area contributed by atoms with Gasteiger partial charge in [0.05, 0.1) is 12.8 Å². The molecule has 27 heavy (non-hydrogen) atoms. The molecular weight excluding hydrogens is 336 g/mol. The van der Waals surface area contributed by atoms with Gasteiger partial charge >= 0.3 is 0 Å². The van der Waals surface area contributed by atoms with Crippen LogP contribution in [0, 0.1) is 0 Å². The predicted octanol–water partition coefficient (Wildman–Crippen LogP) is 3.62. The van der Waals surface area contributed by atoms with Crippen LogP contribution in [0.3, 0.4) is 0 Å². The topological polar surface area (TPSA) is 58.5 Å². The van der Waals surface area contributed by atoms with Crippen molar-refractivity contribution in [3.05, 3.63) is 84.1 Å². The fourth-order valence-electron chi connectivity index (χ4n) is 2.81. The minimum absolute atomic E-state index is 0.637. The normalized spacial score (nSPS) is 11.1. The Hall–Kier alpha value is -3.34. The zero-order valence-corrected chi connectivity index (χ0v) is 15.6. The van der Waals surface area contributed by atoms with E-state index in [0.29, 0.717) is 13.1 Å². The lowest BCUT2D eigenvalue weighted by Gasteiger charge is -2.14. The summed E-state index contributed by atoms with van der Waals surface area (Å²) >= 11 is 0. The Morgan fingerprint density at radius 1 is 0.963 bits per heavy atom. The lowest BCUT2D eigenvalue weighted by molar-refractivity contribution is 0.409. The first-order chi connectivity index (χ1) is 13.3. The van der Waals surface area contributed by atoms with Crippen molar-refractivity contribution in [2.24, 2.45) is 4.99 Å². The number of rotatable bonds is 6. The Kier molecular flexibility index (Phi) is 6.41. The number of hydrogen-bond acceptors (Lipinski definition) is 3. The summed E-state index contributed by atoms with van der Waals surface area (Å²) in [5, 5.41) is 6.67. The van der Waals surface area contributed by atoms with Crippen molar-refractivity contribution in [2.45, 2.75) is 13.1 Å². The van der Waals surface area contributed by atoms with Gasteiger partial charge < -0.3 is 15.4 Å². The molecule has 0 bridgehead atoms. The smallest absolute Gasteiger partial charge is 0.191 e. The van der Waals surface area contributed by atoms with Crippen LogP contribution in [-0.2, 0) is 13.1 Å². The highest BCUT2D eigenvalue weighted by atomic mass is 16.5. The Bertz CT molecular complexity index is 894. The molecule has 1 heterocycles. The SMILES string of the molecule is CN=C(NCc1cccc(-c2ccccn2)c1)NCc1ccccc1OC.